The van der Waals surface area contributed by atoms with Crippen molar-refractivity contribution in [3.8, 4) is 34.9 Å². The van der Waals surface area contributed by atoms with Crippen LogP contribution in [0.25, 0.3) is 34.0 Å². The second-order valence-electron chi connectivity index (χ2n) is 12.6. The van der Waals surface area contributed by atoms with Crippen molar-refractivity contribution in [1.29, 1.82) is 0 Å². The first-order chi connectivity index (χ1) is 27.0. The van der Waals surface area contributed by atoms with E-state index in [-0.39, 0.29) is 24.1 Å². The molecule has 0 atom stereocenters. The van der Waals surface area contributed by atoms with Crippen molar-refractivity contribution in [2.45, 2.75) is 20.1 Å². The van der Waals surface area contributed by atoms with Crippen molar-refractivity contribution in [2.24, 2.45) is 0 Å². The van der Waals surface area contributed by atoms with E-state index in [4.69, 9.17) is 20.9 Å². The molecule has 16 nitrogen and oxygen atoms in total. The zero-order valence-electron chi connectivity index (χ0n) is 29.6. The Kier molecular flexibility index (Phi) is 8.07. The van der Waals surface area contributed by atoms with Crippen LogP contribution in [0.2, 0.25) is 0 Å². The number of nitrogen functional groups attached to an aromatic ring is 2. The number of nitrogens with two attached hydrogens (primary N) is 2. The number of nitrogens with one attached hydrogen (secondary N) is 2. The number of rotatable bonds is 6. The molecule has 0 saturated heterocycles. The molecule has 2 aliphatic rings. The number of nitrogens with zero attached hydrogens (tertiary/aromatic N) is 8. The van der Waals surface area contributed by atoms with Gasteiger partial charge in [-0.25, -0.2) is 9.97 Å². The van der Waals surface area contributed by atoms with Crippen molar-refractivity contribution < 1.29 is 27.7 Å². The first kappa shape index (κ1) is 34.0. The predicted octanol–water partition coefficient (Wildman–Crippen LogP) is 6.95. The Labute approximate surface area is 315 Å². The van der Waals surface area contributed by atoms with Gasteiger partial charge in [0.05, 0.1) is 22.1 Å². The third-order valence-electron chi connectivity index (χ3n) is 8.64. The minimum atomic E-state index is -3.67. The van der Waals surface area contributed by atoms with Gasteiger partial charge in [-0.1, -0.05) is 24.3 Å². The molecule has 10 rings (SSSR count). The van der Waals surface area contributed by atoms with E-state index in [0.29, 0.717) is 46.6 Å². The SMILES string of the molecule is Cc1nc2ccccc2n1-c1nc(N)cc(Nc2ccc3c(c2)OC(F)(F)O3)n1.Cc1nc2ccccc2n1-c1nc(N)cc(Nc2ccc3c(c2)OCO3)n1. The fourth-order valence-electron chi connectivity index (χ4n) is 6.33. The minimum absolute atomic E-state index is 0.0380. The van der Waals surface area contributed by atoms with Gasteiger partial charge in [0.15, 0.2) is 23.0 Å². The summed E-state index contributed by atoms with van der Waals surface area (Å²) in [5.74, 6) is 5.16. The lowest BCUT2D eigenvalue weighted by molar-refractivity contribution is -0.286. The van der Waals surface area contributed by atoms with Gasteiger partial charge in [-0.05, 0) is 62.4 Å². The van der Waals surface area contributed by atoms with Gasteiger partial charge in [-0.3, -0.25) is 9.13 Å². The van der Waals surface area contributed by atoms with Gasteiger partial charge in [0.2, 0.25) is 18.7 Å². The highest BCUT2D eigenvalue weighted by Gasteiger charge is 2.43. The molecule has 280 valence electrons. The highest BCUT2D eigenvalue weighted by Crippen LogP contribution is 2.42. The number of imidazole rings is 2. The molecule has 0 unspecified atom stereocenters. The molecule has 6 N–H and O–H groups in total. The summed E-state index contributed by atoms with van der Waals surface area (Å²) < 4.78 is 49.7. The van der Waals surface area contributed by atoms with Crippen LogP contribution < -0.4 is 41.0 Å². The van der Waals surface area contributed by atoms with Crippen molar-refractivity contribution in [3.63, 3.8) is 0 Å². The maximum atomic E-state index is 13.2. The van der Waals surface area contributed by atoms with Gasteiger partial charge in [0.25, 0.3) is 0 Å². The molecule has 8 aromatic rings. The number of hydrogen-bond acceptors (Lipinski definition) is 14. The summed E-state index contributed by atoms with van der Waals surface area (Å²) in [7, 11) is 0. The van der Waals surface area contributed by atoms with E-state index in [1.54, 1.807) is 16.7 Å². The van der Waals surface area contributed by atoms with Crippen LogP contribution in [-0.2, 0) is 0 Å². The zero-order chi connectivity index (χ0) is 38.6. The summed E-state index contributed by atoms with van der Waals surface area (Å²) in [5, 5.41) is 6.27. The number of ether oxygens (including phenoxy) is 4. The number of anilines is 6. The van der Waals surface area contributed by atoms with Crippen molar-refractivity contribution in [1.82, 2.24) is 39.0 Å². The Bertz CT molecular complexity index is 2810. The Balaban J connectivity index is 0.000000147. The average molecular weight is 757 g/mol. The maximum Gasteiger partial charge on any atom is 0.586 e. The molecule has 0 bridgehead atoms. The minimum Gasteiger partial charge on any atom is -0.454 e. The number of benzene rings is 4. The Hall–Kier alpha value is -7.76. The van der Waals surface area contributed by atoms with E-state index < -0.39 is 6.29 Å². The molecule has 2 aliphatic heterocycles. The molecule has 56 heavy (non-hydrogen) atoms. The van der Waals surface area contributed by atoms with Gasteiger partial charge < -0.3 is 41.0 Å². The van der Waals surface area contributed by atoms with Crippen LogP contribution >= 0.6 is 0 Å². The predicted molar refractivity (Wildman–Crippen MR) is 203 cm³/mol. The standard InChI is InChI=1S/C19H14F2N6O2.C19H16N6O2/c1-10-23-12-4-2-3-5-13(12)27(10)18-25-16(22)9-17(26-18)24-11-6-7-14-15(8-11)29-19(20,21)28-14;1-11-21-13-4-2-3-5-14(13)25(11)19-23-17(20)9-18(24-19)22-12-6-7-15-16(8-12)27-10-26-15/h2-9H,1H3,(H3,22,24,25,26);2-9H,10H2,1H3,(H3,20,22,23,24). The second-order valence-corrected chi connectivity index (χ2v) is 12.6. The quantitative estimate of drug-likeness (QED) is 0.136. The van der Waals surface area contributed by atoms with Gasteiger partial charge in [0, 0.05) is 35.6 Å². The van der Waals surface area contributed by atoms with E-state index >= 15 is 0 Å². The lowest BCUT2D eigenvalue weighted by Crippen LogP contribution is -2.25. The molecule has 0 amide bonds. The molecule has 0 spiro atoms. The maximum absolute atomic E-state index is 13.2. The van der Waals surface area contributed by atoms with Crippen LogP contribution in [0.1, 0.15) is 11.6 Å². The average Bonchev–Trinajstić information content (AvgIpc) is 3.92. The van der Waals surface area contributed by atoms with E-state index in [9.17, 15) is 8.78 Å². The molecule has 4 aromatic carbocycles. The monoisotopic (exact) mass is 756 g/mol. The molecular weight excluding hydrogens is 726 g/mol. The second kappa shape index (κ2) is 13.3. The number of fused-ring (bicyclic) bond motifs is 4. The summed E-state index contributed by atoms with van der Waals surface area (Å²) in [6, 6.07) is 28.6. The summed E-state index contributed by atoms with van der Waals surface area (Å²) in [6.07, 6.45) is -3.67. The largest absolute Gasteiger partial charge is 0.586 e. The molecular formula is C38H30F2N12O4. The molecule has 6 heterocycles. The molecule has 0 fully saturated rings. The zero-order valence-corrected chi connectivity index (χ0v) is 29.6. The molecule has 4 aromatic heterocycles. The van der Waals surface area contributed by atoms with Crippen LogP contribution in [0, 0.1) is 13.8 Å². The lowest BCUT2D eigenvalue weighted by atomic mass is 10.3. The number of aryl methyl sites for hydroxylation is 2. The van der Waals surface area contributed by atoms with Crippen molar-refractivity contribution in [3.05, 3.63) is 109 Å². The number of para-hydroxylation sites is 4. The normalized spacial score (nSPS) is 13.4. The third-order valence-corrected chi connectivity index (χ3v) is 8.64. The highest BCUT2D eigenvalue weighted by atomic mass is 19.3. The van der Waals surface area contributed by atoms with Crippen LogP contribution in [-0.4, -0.2) is 52.1 Å². The third kappa shape index (κ3) is 6.55. The van der Waals surface area contributed by atoms with E-state index in [0.717, 1.165) is 39.3 Å². The van der Waals surface area contributed by atoms with Crippen LogP contribution in [0.15, 0.2) is 97.1 Å². The van der Waals surface area contributed by atoms with Gasteiger partial charge in [-0.2, -0.15) is 19.9 Å². The smallest absolute Gasteiger partial charge is 0.454 e. The van der Waals surface area contributed by atoms with Gasteiger partial charge >= 0.3 is 6.29 Å². The Morgan fingerprint density at radius 3 is 1.62 bits per heavy atom. The number of alkyl halides is 2. The van der Waals surface area contributed by atoms with Crippen molar-refractivity contribution in [2.75, 3.05) is 28.9 Å². The summed E-state index contributed by atoms with van der Waals surface area (Å²) in [5.41, 5.74) is 16.7. The first-order valence-corrected chi connectivity index (χ1v) is 17.1. The molecule has 0 aliphatic carbocycles. The summed E-state index contributed by atoms with van der Waals surface area (Å²) >= 11 is 0. The molecule has 18 heteroatoms. The first-order valence-electron chi connectivity index (χ1n) is 17.1. The highest BCUT2D eigenvalue weighted by molar-refractivity contribution is 5.79. The van der Waals surface area contributed by atoms with E-state index in [1.807, 2.05) is 85.1 Å². The van der Waals surface area contributed by atoms with E-state index in [2.05, 4.69) is 50.0 Å². The number of hydrogen-bond donors (Lipinski definition) is 4. The number of aromatic nitrogens is 8. The van der Waals surface area contributed by atoms with Gasteiger partial charge in [0.1, 0.15) is 34.9 Å². The van der Waals surface area contributed by atoms with E-state index in [1.165, 1.54) is 18.2 Å². The van der Waals surface area contributed by atoms with Crippen LogP contribution in [0.4, 0.5) is 43.4 Å². The summed E-state index contributed by atoms with van der Waals surface area (Å²) in [6.45, 7) is 3.99. The molecule has 0 radical (unpaired) electrons. The number of halogens is 2. The lowest BCUT2D eigenvalue weighted by Gasteiger charge is -2.11. The topological polar surface area (TPSA) is 200 Å². The molecule has 0 saturated carbocycles. The van der Waals surface area contributed by atoms with Crippen LogP contribution in [0.3, 0.4) is 0 Å². The van der Waals surface area contributed by atoms with Crippen molar-refractivity contribution >= 4 is 56.7 Å². The Morgan fingerprint density at radius 2 is 1.05 bits per heavy atom. The Morgan fingerprint density at radius 1 is 0.571 bits per heavy atom. The fraction of sp³-hybridized carbons (Fsp3) is 0.105. The summed E-state index contributed by atoms with van der Waals surface area (Å²) in [4.78, 5) is 26.9. The van der Waals surface area contributed by atoms with Gasteiger partial charge in [-0.15, -0.1) is 8.78 Å². The van der Waals surface area contributed by atoms with Crippen LogP contribution in [0.5, 0.6) is 23.0 Å². The fourth-order valence-corrected chi connectivity index (χ4v) is 6.33.